The summed E-state index contributed by atoms with van der Waals surface area (Å²) in [5, 5.41) is 3.01. The molecule has 1 fully saturated rings. The fraction of sp³-hybridized carbons (Fsp3) is 0.280. The fourth-order valence-corrected chi connectivity index (χ4v) is 5.06. The van der Waals surface area contributed by atoms with Crippen LogP contribution >= 0.6 is 11.5 Å². The molecule has 1 atom stereocenters. The third-order valence-electron chi connectivity index (χ3n) is 6.13. The second-order valence-electron chi connectivity index (χ2n) is 8.64. The number of halogens is 2. The number of carbonyl (C=O) groups excluding carboxylic acids is 3. The maximum absolute atomic E-state index is 13.8. The first kappa shape index (κ1) is 25.2. The van der Waals surface area contributed by atoms with E-state index in [1.165, 1.54) is 53.4 Å². The van der Waals surface area contributed by atoms with E-state index in [9.17, 15) is 23.2 Å². The van der Waals surface area contributed by atoms with Gasteiger partial charge in [-0.15, -0.1) is 0 Å². The van der Waals surface area contributed by atoms with Crippen molar-refractivity contribution in [2.24, 2.45) is 5.73 Å². The van der Waals surface area contributed by atoms with Crippen LogP contribution in [0.1, 0.15) is 63.0 Å². The molecule has 8 nitrogen and oxygen atoms in total. The molecule has 188 valence electrons. The van der Waals surface area contributed by atoms with E-state index in [0.29, 0.717) is 22.7 Å². The van der Waals surface area contributed by atoms with Gasteiger partial charge in [0.25, 0.3) is 11.8 Å². The third kappa shape index (κ3) is 5.51. The zero-order valence-electron chi connectivity index (χ0n) is 19.2. The Labute approximate surface area is 210 Å². The average molecular weight is 514 g/mol. The molecule has 1 aromatic heterocycles. The number of aromatic nitrogens is 1. The van der Waals surface area contributed by atoms with Gasteiger partial charge >= 0.3 is 0 Å². The molecule has 1 saturated carbocycles. The number of benzene rings is 2. The van der Waals surface area contributed by atoms with Crippen LogP contribution in [0.4, 0.5) is 14.5 Å². The highest BCUT2D eigenvalue weighted by atomic mass is 32.1. The molecule has 0 radical (unpaired) electrons. The van der Waals surface area contributed by atoms with Crippen molar-refractivity contribution in [2.75, 3.05) is 5.73 Å². The molecule has 1 aliphatic carbocycles. The number of amides is 3. The van der Waals surface area contributed by atoms with E-state index in [1.54, 1.807) is 0 Å². The monoisotopic (exact) mass is 513 g/mol. The number of nitrogen functional groups attached to an aromatic ring is 1. The lowest BCUT2D eigenvalue weighted by Crippen LogP contribution is -2.45. The van der Waals surface area contributed by atoms with Crippen molar-refractivity contribution in [1.82, 2.24) is 14.6 Å². The van der Waals surface area contributed by atoms with E-state index in [1.807, 2.05) is 0 Å². The second-order valence-corrected chi connectivity index (χ2v) is 9.42. The van der Waals surface area contributed by atoms with Crippen LogP contribution in [-0.4, -0.2) is 33.0 Å². The highest BCUT2D eigenvalue weighted by molar-refractivity contribution is 7.09. The molecular formula is C25H25F2N5O3S. The van der Waals surface area contributed by atoms with Crippen LogP contribution in [0.25, 0.3) is 0 Å². The van der Waals surface area contributed by atoms with E-state index in [-0.39, 0.29) is 28.8 Å². The quantitative estimate of drug-likeness (QED) is 0.424. The summed E-state index contributed by atoms with van der Waals surface area (Å²) in [6.07, 6.45) is 3.60. The lowest BCUT2D eigenvalue weighted by molar-refractivity contribution is -0.126. The van der Waals surface area contributed by atoms with Crippen molar-refractivity contribution in [3.63, 3.8) is 0 Å². The Bertz CT molecular complexity index is 1260. The zero-order chi connectivity index (χ0) is 25.8. The molecule has 3 aromatic rings. The molecule has 2 aromatic carbocycles. The number of nitrogens with zero attached hydrogens (tertiary/aromatic N) is 2. The van der Waals surface area contributed by atoms with Gasteiger partial charge in [-0.1, -0.05) is 37.1 Å². The molecule has 0 saturated heterocycles. The van der Waals surface area contributed by atoms with E-state index >= 15 is 0 Å². The normalized spacial score (nSPS) is 14.4. The van der Waals surface area contributed by atoms with Gasteiger partial charge in [0.1, 0.15) is 22.6 Å². The molecule has 3 amide bonds. The van der Waals surface area contributed by atoms with Crippen molar-refractivity contribution in [1.29, 1.82) is 0 Å². The summed E-state index contributed by atoms with van der Waals surface area (Å²) in [7, 11) is 0. The highest BCUT2D eigenvalue weighted by Gasteiger charge is 2.36. The number of nitrogens with two attached hydrogens (primary N) is 2. The summed E-state index contributed by atoms with van der Waals surface area (Å²) in [4.78, 5) is 40.3. The summed E-state index contributed by atoms with van der Waals surface area (Å²) in [6.45, 7) is -0.0948. The maximum atomic E-state index is 13.8. The van der Waals surface area contributed by atoms with Gasteiger partial charge in [0.05, 0.1) is 5.69 Å². The topological polar surface area (TPSA) is 131 Å². The predicted molar refractivity (Wildman–Crippen MR) is 131 cm³/mol. The van der Waals surface area contributed by atoms with Crippen LogP contribution in [0.5, 0.6) is 0 Å². The largest absolute Gasteiger partial charge is 0.395 e. The smallest absolute Gasteiger partial charge is 0.270 e. The van der Waals surface area contributed by atoms with Gasteiger partial charge in [0.15, 0.2) is 5.69 Å². The predicted octanol–water partition coefficient (Wildman–Crippen LogP) is 3.54. The highest BCUT2D eigenvalue weighted by Crippen LogP contribution is 2.31. The van der Waals surface area contributed by atoms with E-state index in [0.717, 1.165) is 25.7 Å². The number of carbonyl (C=O) groups is 3. The number of nitrogens with one attached hydrogen (secondary N) is 1. The van der Waals surface area contributed by atoms with Gasteiger partial charge in [0.2, 0.25) is 5.91 Å². The summed E-state index contributed by atoms with van der Waals surface area (Å²) < 4.78 is 31.2. The number of hydrogen-bond acceptors (Lipinski definition) is 6. The Kier molecular flexibility index (Phi) is 7.58. The van der Waals surface area contributed by atoms with Gasteiger partial charge in [0, 0.05) is 12.6 Å². The Morgan fingerprint density at radius 1 is 1.03 bits per heavy atom. The second kappa shape index (κ2) is 10.8. The molecule has 0 aliphatic heterocycles. The van der Waals surface area contributed by atoms with Crippen LogP contribution in [0, 0.1) is 11.6 Å². The fourth-order valence-electron chi connectivity index (χ4n) is 4.29. The lowest BCUT2D eigenvalue weighted by Gasteiger charge is -2.32. The molecular weight excluding hydrogens is 488 g/mol. The van der Waals surface area contributed by atoms with Gasteiger partial charge in [-0.3, -0.25) is 14.4 Å². The minimum Gasteiger partial charge on any atom is -0.395 e. The minimum atomic E-state index is -1.16. The van der Waals surface area contributed by atoms with Gasteiger partial charge in [-0.25, -0.2) is 8.78 Å². The Hall–Kier alpha value is -3.86. The standard InChI is InChI=1S/C25H25F2N5O3S/c26-16-9-5-14(6-10-16)13-32(25(35)22-19(28)20(23(29)33)31-36-22)21(15-7-11-17(27)12-8-15)24(34)30-18-3-1-2-4-18/h5-12,18,21H,1-4,13,28H2,(H2,29,33)(H,30,34)/t21-/m0/s1. The number of anilines is 1. The first-order valence-electron chi connectivity index (χ1n) is 11.4. The molecule has 0 unspecified atom stereocenters. The Morgan fingerprint density at radius 3 is 2.17 bits per heavy atom. The molecule has 4 rings (SSSR count). The summed E-state index contributed by atoms with van der Waals surface area (Å²) in [5.41, 5.74) is 11.8. The first-order valence-corrected chi connectivity index (χ1v) is 12.2. The molecule has 11 heteroatoms. The molecule has 36 heavy (non-hydrogen) atoms. The molecule has 5 N–H and O–H groups in total. The van der Waals surface area contributed by atoms with Crippen molar-refractivity contribution in [3.05, 3.63) is 81.9 Å². The van der Waals surface area contributed by atoms with E-state index in [2.05, 4.69) is 9.69 Å². The van der Waals surface area contributed by atoms with Gasteiger partial charge in [-0.2, -0.15) is 4.37 Å². The molecule has 1 aliphatic rings. The summed E-state index contributed by atoms with van der Waals surface area (Å²) in [5.74, 6) is -2.95. The number of rotatable bonds is 8. The van der Waals surface area contributed by atoms with Crippen LogP contribution in [-0.2, 0) is 11.3 Å². The van der Waals surface area contributed by atoms with Crippen LogP contribution < -0.4 is 16.8 Å². The average Bonchev–Trinajstić information content (AvgIpc) is 3.50. The summed E-state index contributed by atoms with van der Waals surface area (Å²) >= 11 is 0.695. The number of primary amides is 1. The molecule has 1 heterocycles. The first-order chi connectivity index (χ1) is 17.2. The van der Waals surface area contributed by atoms with Crippen LogP contribution in [0.2, 0.25) is 0 Å². The van der Waals surface area contributed by atoms with Crippen molar-refractivity contribution in [2.45, 2.75) is 44.3 Å². The SMILES string of the molecule is NC(=O)c1nsc(C(=O)N(Cc2ccc(F)cc2)[C@H](C(=O)NC2CCCC2)c2ccc(F)cc2)c1N. The van der Waals surface area contributed by atoms with Crippen LogP contribution in [0.3, 0.4) is 0 Å². The lowest BCUT2D eigenvalue weighted by atomic mass is 10.0. The Morgan fingerprint density at radius 2 is 1.61 bits per heavy atom. The van der Waals surface area contributed by atoms with E-state index < -0.39 is 35.4 Å². The molecule has 0 spiro atoms. The number of hydrogen-bond donors (Lipinski definition) is 3. The minimum absolute atomic E-state index is 0.0434. The van der Waals surface area contributed by atoms with E-state index in [4.69, 9.17) is 11.5 Å². The summed E-state index contributed by atoms with van der Waals surface area (Å²) in [6, 6.07) is 9.56. The maximum Gasteiger partial charge on any atom is 0.270 e. The van der Waals surface area contributed by atoms with Gasteiger partial charge < -0.3 is 21.7 Å². The van der Waals surface area contributed by atoms with Crippen LogP contribution in [0.15, 0.2) is 48.5 Å². The van der Waals surface area contributed by atoms with Crippen molar-refractivity contribution in [3.8, 4) is 0 Å². The third-order valence-corrected chi connectivity index (χ3v) is 6.98. The van der Waals surface area contributed by atoms with Crippen molar-refractivity contribution >= 4 is 34.9 Å². The van der Waals surface area contributed by atoms with Gasteiger partial charge in [-0.05, 0) is 59.8 Å². The molecule has 0 bridgehead atoms. The zero-order valence-corrected chi connectivity index (χ0v) is 20.1. The van der Waals surface area contributed by atoms with Crippen molar-refractivity contribution < 1.29 is 23.2 Å². The Balaban J connectivity index is 1.79.